The van der Waals surface area contributed by atoms with Crippen LogP contribution in [0.3, 0.4) is 0 Å². The van der Waals surface area contributed by atoms with Gasteiger partial charge in [-0.1, -0.05) is 26.0 Å². The lowest BCUT2D eigenvalue weighted by molar-refractivity contribution is -0.123. The van der Waals surface area contributed by atoms with E-state index < -0.39 is 6.04 Å². The highest BCUT2D eigenvalue weighted by Gasteiger charge is 2.16. The predicted octanol–water partition coefficient (Wildman–Crippen LogP) is 1.49. The monoisotopic (exact) mass is 207 g/mol. The van der Waals surface area contributed by atoms with Gasteiger partial charge in [-0.15, -0.1) is 0 Å². The summed E-state index contributed by atoms with van der Waals surface area (Å²) in [4.78, 5) is 11.5. The fourth-order valence-electron chi connectivity index (χ4n) is 1.41. The van der Waals surface area contributed by atoms with Crippen LogP contribution in [0.4, 0.5) is 0 Å². The number of nitrogens with two attached hydrogens (primary N) is 1. The van der Waals surface area contributed by atoms with Crippen molar-refractivity contribution in [3.05, 3.63) is 29.8 Å². The molecule has 1 unspecified atom stereocenters. The second-order valence-corrected chi connectivity index (χ2v) is 4.03. The number of ketones is 1. The van der Waals surface area contributed by atoms with E-state index in [1.807, 2.05) is 13.8 Å². The molecular weight excluding hydrogens is 190 g/mol. The Balaban J connectivity index is 2.62. The van der Waals surface area contributed by atoms with Gasteiger partial charge < -0.3 is 10.8 Å². The van der Waals surface area contributed by atoms with Gasteiger partial charge in [-0.25, -0.2) is 0 Å². The van der Waals surface area contributed by atoms with Crippen LogP contribution in [-0.4, -0.2) is 16.9 Å². The number of hydrogen-bond acceptors (Lipinski definition) is 3. The third-order valence-corrected chi connectivity index (χ3v) is 2.33. The number of phenolic OH excluding ortho intramolecular Hbond substituents is 1. The molecule has 0 radical (unpaired) electrons. The Labute approximate surface area is 89.9 Å². The van der Waals surface area contributed by atoms with Crippen LogP contribution in [0, 0.1) is 5.92 Å². The first-order chi connectivity index (χ1) is 7.00. The molecule has 0 saturated carbocycles. The number of phenols is 1. The summed E-state index contributed by atoms with van der Waals surface area (Å²) < 4.78 is 0. The Hall–Kier alpha value is -1.35. The Morgan fingerprint density at radius 3 is 2.33 bits per heavy atom. The Morgan fingerprint density at radius 2 is 1.87 bits per heavy atom. The van der Waals surface area contributed by atoms with Crippen molar-refractivity contribution >= 4 is 5.78 Å². The lowest BCUT2D eigenvalue weighted by Gasteiger charge is -2.12. The zero-order chi connectivity index (χ0) is 11.4. The summed E-state index contributed by atoms with van der Waals surface area (Å²) in [6.07, 6.45) is 0.525. The van der Waals surface area contributed by atoms with Crippen LogP contribution in [-0.2, 0) is 11.2 Å². The molecule has 0 aliphatic carbocycles. The number of carbonyl (C=O) groups excluding carboxylic acids is 1. The van der Waals surface area contributed by atoms with Crippen LogP contribution < -0.4 is 5.73 Å². The number of benzene rings is 1. The quantitative estimate of drug-likeness (QED) is 0.786. The number of rotatable bonds is 4. The van der Waals surface area contributed by atoms with E-state index in [-0.39, 0.29) is 17.5 Å². The van der Waals surface area contributed by atoms with E-state index in [1.54, 1.807) is 24.3 Å². The lowest BCUT2D eigenvalue weighted by atomic mass is 9.96. The molecule has 0 amide bonds. The summed E-state index contributed by atoms with van der Waals surface area (Å²) in [5.41, 5.74) is 6.74. The Morgan fingerprint density at radius 1 is 1.33 bits per heavy atom. The topological polar surface area (TPSA) is 63.3 Å². The minimum atomic E-state index is -0.449. The molecule has 1 rings (SSSR count). The summed E-state index contributed by atoms with van der Waals surface area (Å²) in [5.74, 6) is 0.266. The maximum absolute atomic E-state index is 11.5. The van der Waals surface area contributed by atoms with E-state index in [4.69, 9.17) is 10.8 Å². The molecule has 0 aliphatic heterocycles. The number of carbonyl (C=O) groups is 1. The summed E-state index contributed by atoms with van der Waals surface area (Å²) >= 11 is 0. The first kappa shape index (κ1) is 11.7. The van der Waals surface area contributed by atoms with Crippen molar-refractivity contribution in [2.75, 3.05) is 0 Å². The van der Waals surface area contributed by atoms with Gasteiger partial charge in [0, 0.05) is 5.92 Å². The minimum Gasteiger partial charge on any atom is -0.508 e. The summed E-state index contributed by atoms with van der Waals surface area (Å²) in [6, 6.07) is 6.31. The van der Waals surface area contributed by atoms with Gasteiger partial charge in [0.2, 0.25) is 0 Å². The largest absolute Gasteiger partial charge is 0.508 e. The van der Waals surface area contributed by atoms with Gasteiger partial charge >= 0.3 is 0 Å². The molecular formula is C12H17NO2. The maximum Gasteiger partial charge on any atom is 0.152 e. The highest BCUT2D eigenvalue weighted by Crippen LogP contribution is 2.12. The molecule has 1 aromatic carbocycles. The molecule has 0 aliphatic rings. The van der Waals surface area contributed by atoms with Crippen LogP contribution in [0.5, 0.6) is 5.75 Å². The highest BCUT2D eigenvalue weighted by atomic mass is 16.3. The number of hydrogen-bond donors (Lipinski definition) is 2. The average molecular weight is 207 g/mol. The van der Waals surface area contributed by atoms with E-state index >= 15 is 0 Å². The molecule has 82 valence electrons. The van der Waals surface area contributed by atoms with Crippen molar-refractivity contribution in [1.82, 2.24) is 0 Å². The van der Waals surface area contributed by atoms with Gasteiger partial charge in [-0.3, -0.25) is 4.79 Å². The molecule has 3 heteroatoms. The van der Waals surface area contributed by atoms with Crippen molar-refractivity contribution in [2.24, 2.45) is 11.7 Å². The molecule has 15 heavy (non-hydrogen) atoms. The standard InChI is InChI=1S/C12H17NO2/c1-8(2)12(15)11(13)7-9-3-5-10(14)6-4-9/h3-6,8,11,14H,7,13H2,1-2H3. The summed E-state index contributed by atoms with van der Waals surface area (Å²) in [7, 11) is 0. The first-order valence-corrected chi connectivity index (χ1v) is 5.08. The highest BCUT2D eigenvalue weighted by molar-refractivity contribution is 5.85. The van der Waals surface area contributed by atoms with Gasteiger partial charge in [0.1, 0.15) is 5.75 Å². The zero-order valence-electron chi connectivity index (χ0n) is 9.10. The van der Waals surface area contributed by atoms with E-state index in [0.29, 0.717) is 6.42 Å². The molecule has 1 aromatic rings. The van der Waals surface area contributed by atoms with Gasteiger partial charge in [-0.2, -0.15) is 0 Å². The van der Waals surface area contributed by atoms with Gasteiger partial charge in [0.25, 0.3) is 0 Å². The molecule has 3 N–H and O–H groups in total. The second kappa shape index (κ2) is 4.94. The molecule has 0 aromatic heterocycles. The first-order valence-electron chi connectivity index (χ1n) is 5.08. The third kappa shape index (κ3) is 3.36. The lowest BCUT2D eigenvalue weighted by Crippen LogP contribution is -2.35. The van der Waals surface area contributed by atoms with Crippen molar-refractivity contribution in [3.63, 3.8) is 0 Å². The fraction of sp³-hybridized carbons (Fsp3) is 0.417. The molecule has 0 bridgehead atoms. The average Bonchev–Trinajstić information content (AvgIpc) is 2.20. The molecule has 0 heterocycles. The SMILES string of the molecule is CC(C)C(=O)C(N)Cc1ccc(O)cc1. The van der Waals surface area contributed by atoms with E-state index in [0.717, 1.165) is 5.56 Å². The van der Waals surface area contributed by atoms with Crippen LogP contribution in [0.1, 0.15) is 19.4 Å². The maximum atomic E-state index is 11.5. The van der Waals surface area contributed by atoms with Gasteiger partial charge in [-0.05, 0) is 24.1 Å². The minimum absolute atomic E-state index is 0.0304. The van der Waals surface area contributed by atoms with Gasteiger partial charge in [0.15, 0.2) is 5.78 Å². The molecule has 3 nitrogen and oxygen atoms in total. The predicted molar refractivity (Wildman–Crippen MR) is 59.6 cm³/mol. The van der Waals surface area contributed by atoms with Crippen molar-refractivity contribution in [3.8, 4) is 5.75 Å². The van der Waals surface area contributed by atoms with E-state index in [9.17, 15) is 4.79 Å². The van der Waals surface area contributed by atoms with E-state index in [1.165, 1.54) is 0 Å². The van der Waals surface area contributed by atoms with Crippen LogP contribution in [0.15, 0.2) is 24.3 Å². The van der Waals surface area contributed by atoms with Crippen LogP contribution in [0.2, 0.25) is 0 Å². The normalized spacial score (nSPS) is 12.8. The molecule has 1 atom stereocenters. The Kier molecular flexibility index (Phi) is 3.86. The fourth-order valence-corrected chi connectivity index (χ4v) is 1.41. The van der Waals surface area contributed by atoms with Crippen LogP contribution >= 0.6 is 0 Å². The molecule has 0 spiro atoms. The molecule has 0 saturated heterocycles. The van der Waals surface area contributed by atoms with Crippen LogP contribution in [0.25, 0.3) is 0 Å². The number of aromatic hydroxyl groups is 1. The summed E-state index contributed by atoms with van der Waals surface area (Å²) in [6.45, 7) is 3.69. The second-order valence-electron chi connectivity index (χ2n) is 4.03. The van der Waals surface area contributed by atoms with Crippen molar-refractivity contribution in [2.45, 2.75) is 26.3 Å². The van der Waals surface area contributed by atoms with Gasteiger partial charge in [0.05, 0.1) is 6.04 Å². The number of Topliss-reactive ketones (excluding diaryl/α,β-unsaturated/α-hetero) is 1. The Bertz CT molecular complexity index is 330. The third-order valence-electron chi connectivity index (χ3n) is 2.33. The van der Waals surface area contributed by atoms with Crippen molar-refractivity contribution in [1.29, 1.82) is 0 Å². The zero-order valence-corrected chi connectivity index (χ0v) is 9.10. The van der Waals surface area contributed by atoms with Crippen molar-refractivity contribution < 1.29 is 9.90 Å². The smallest absolute Gasteiger partial charge is 0.152 e. The van der Waals surface area contributed by atoms with E-state index in [2.05, 4.69) is 0 Å². The molecule has 0 fully saturated rings. The summed E-state index contributed by atoms with van der Waals surface area (Å²) in [5, 5.41) is 9.09.